The summed E-state index contributed by atoms with van der Waals surface area (Å²) in [6.07, 6.45) is 0. The molecule has 2 rings (SSSR count). The number of rotatable bonds is 4. The van der Waals surface area contributed by atoms with E-state index in [9.17, 15) is 9.18 Å². The van der Waals surface area contributed by atoms with Gasteiger partial charge in [0.05, 0.1) is 11.4 Å². The molecule has 2 aromatic carbocycles. The summed E-state index contributed by atoms with van der Waals surface area (Å²) < 4.78 is 13.0. The van der Waals surface area contributed by atoms with Crippen LogP contribution in [0.4, 0.5) is 21.5 Å². The molecule has 0 bridgehead atoms. The second-order valence-electron chi connectivity index (χ2n) is 4.84. The Morgan fingerprint density at radius 3 is 2.52 bits per heavy atom. The molecular weight excluding hydrogens is 269 g/mol. The molecule has 0 saturated carbocycles. The van der Waals surface area contributed by atoms with E-state index in [1.807, 2.05) is 42.3 Å². The molecule has 21 heavy (non-hydrogen) atoms. The van der Waals surface area contributed by atoms with Crippen molar-refractivity contribution in [3.05, 3.63) is 54.3 Å². The molecule has 2 aromatic rings. The number of nitrogens with zero attached hydrogens (tertiary/aromatic N) is 1. The molecule has 0 aliphatic carbocycles. The highest BCUT2D eigenvalue weighted by atomic mass is 19.1. The minimum atomic E-state index is -0.431. The van der Waals surface area contributed by atoms with Crippen LogP contribution in [-0.2, 0) is 4.79 Å². The van der Waals surface area contributed by atoms with Crippen LogP contribution in [0.15, 0.2) is 48.5 Å². The van der Waals surface area contributed by atoms with Gasteiger partial charge in [-0.25, -0.2) is 4.39 Å². The fourth-order valence-electron chi connectivity index (χ4n) is 1.95. The minimum absolute atomic E-state index is 0.206. The molecule has 1 unspecified atom stereocenters. The van der Waals surface area contributed by atoms with E-state index in [1.54, 1.807) is 6.92 Å². The van der Waals surface area contributed by atoms with Crippen molar-refractivity contribution in [3.8, 4) is 0 Å². The molecule has 0 aliphatic heterocycles. The summed E-state index contributed by atoms with van der Waals surface area (Å²) in [6.45, 7) is 1.79. The van der Waals surface area contributed by atoms with Crippen LogP contribution in [0.1, 0.15) is 6.92 Å². The Morgan fingerprint density at radius 1 is 1.24 bits per heavy atom. The lowest BCUT2D eigenvalue weighted by atomic mass is 10.2. The number of hydrogen-bond acceptors (Lipinski definition) is 3. The molecule has 1 amide bonds. The molecule has 0 aromatic heterocycles. The molecule has 0 radical (unpaired) electrons. The van der Waals surface area contributed by atoms with Crippen molar-refractivity contribution in [2.45, 2.75) is 13.0 Å². The van der Waals surface area contributed by atoms with Gasteiger partial charge in [0.25, 0.3) is 0 Å². The standard InChI is InChI=1S/C16H18FN3O/c1-11(20(2)13-6-4-3-5-7-13)16(21)19-15-9-8-12(17)10-14(15)18/h3-11H,18H2,1-2H3,(H,19,21). The highest BCUT2D eigenvalue weighted by molar-refractivity contribution is 5.98. The van der Waals surface area contributed by atoms with Crippen LogP contribution in [-0.4, -0.2) is 19.0 Å². The molecule has 110 valence electrons. The Kier molecular flexibility index (Phi) is 4.42. The summed E-state index contributed by atoms with van der Waals surface area (Å²) in [4.78, 5) is 14.1. The van der Waals surface area contributed by atoms with Gasteiger partial charge in [0, 0.05) is 12.7 Å². The zero-order chi connectivity index (χ0) is 15.4. The summed E-state index contributed by atoms with van der Waals surface area (Å²) >= 11 is 0. The van der Waals surface area contributed by atoms with Crippen LogP contribution in [0, 0.1) is 5.82 Å². The lowest BCUT2D eigenvalue weighted by Gasteiger charge is -2.26. The SMILES string of the molecule is CC(C(=O)Nc1ccc(F)cc1N)N(C)c1ccccc1. The quantitative estimate of drug-likeness (QED) is 0.850. The van der Waals surface area contributed by atoms with Gasteiger partial charge in [-0.3, -0.25) is 4.79 Å². The van der Waals surface area contributed by atoms with Gasteiger partial charge in [0.2, 0.25) is 5.91 Å². The smallest absolute Gasteiger partial charge is 0.246 e. The molecule has 0 saturated heterocycles. The van der Waals surface area contributed by atoms with Gasteiger partial charge in [-0.2, -0.15) is 0 Å². The van der Waals surface area contributed by atoms with Crippen LogP contribution in [0.25, 0.3) is 0 Å². The van der Waals surface area contributed by atoms with Gasteiger partial charge in [0.1, 0.15) is 11.9 Å². The Labute approximate surface area is 123 Å². The highest BCUT2D eigenvalue weighted by Gasteiger charge is 2.19. The van der Waals surface area contributed by atoms with Crippen LogP contribution >= 0.6 is 0 Å². The number of nitrogen functional groups attached to an aromatic ring is 1. The number of para-hydroxylation sites is 1. The Balaban J connectivity index is 2.09. The zero-order valence-electron chi connectivity index (χ0n) is 12.0. The van der Waals surface area contributed by atoms with Crippen LogP contribution in [0.3, 0.4) is 0 Å². The van der Waals surface area contributed by atoms with E-state index in [0.29, 0.717) is 5.69 Å². The van der Waals surface area contributed by atoms with Gasteiger partial charge in [-0.15, -0.1) is 0 Å². The Hall–Kier alpha value is -2.56. The van der Waals surface area contributed by atoms with E-state index < -0.39 is 11.9 Å². The number of amides is 1. The van der Waals surface area contributed by atoms with E-state index in [4.69, 9.17) is 5.73 Å². The highest BCUT2D eigenvalue weighted by Crippen LogP contribution is 2.20. The monoisotopic (exact) mass is 287 g/mol. The maximum atomic E-state index is 13.0. The van der Waals surface area contributed by atoms with E-state index in [-0.39, 0.29) is 11.6 Å². The van der Waals surface area contributed by atoms with Crippen molar-refractivity contribution in [1.29, 1.82) is 0 Å². The normalized spacial score (nSPS) is 11.8. The molecule has 0 spiro atoms. The van der Waals surface area contributed by atoms with Crippen molar-refractivity contribution >= 4 is 23.0 Å². The number of nitrogens with two attached hydrogens (primary N) is 1. The van der Waals surface area contributed by atoms with E-state index in [2.05, 4.69) is 5.32 Å². The number of carbonyl (C=O) groups is 1. The first kappa shape index (κ1) is 14.8. The summed E-state index contributed by atoms with van der Waals surface area (Å²) in [5.41, 5.74) is 7.24. The first-order valence-electron chi connectivity index (χ1n) is 6.63. The van der Waals surface area contributed by atoms with Crippen LogP contribution < -0.4 is 16.0 Å². The maximum absolute atomic E-state index is 13.0. The van der Waals surface area contributed by atoms with Crippen molar-refractivity contribution in [1.82, 2.24) is 0 Å². The largest absolute Gasteiger partial charge is 0.397 e. The van der Waals surface area contributed by atoms with Gasteiger partial charge in [-0.05, 0) is 37.3 Å². The number of carbonyl (C=O) groups excluding carboxylic acids is 1. The Morgan fingerprint density at radius 2 is 1.90 bits per heavy atom. The van der Waals surface area contributed by atoms with Crippen LogP contribution in [0.2, 0.25) is 0 Å². The summed E-state index contributed by atoms with van der Waals surface area (Å²) in [7, 11) is 1.84. The first-order valence-corrected chi connectivity index (χ1v) is 6.63. The van der Waals surface area contributed by atoms with Gasteiger partial charge in [0.15, 0.2) is 0 Å². The van der Waals surface area contributed by atoms with Gasteiger partial charge >= 0.3 is 0 Å². The molecule has 5 heteroatoms. The number of hydrogen-bond donors (Lipinski definition) is 2. The van der Waals surface area contributed by atoms with Crippen molar-refractivity contribution in [2.24, 2.45) is 0 Å². The number of benzene rings is 2. The minimum Gasteiger partial charge on any atom is -0.397 e. The zero-order valence-corrected chi connectivity index (χ0v) is 12.0. The fraction of sp³-hybridized carbons (Fsp3) is 0.188. The number of likely N-dealkylation sites (N-methyl/N-ethyl adjacent to an activating group) is 1. The van der Waals surface area contributed by atoms with Crippen LogP contribution in [0.5, 0.6) is 0 Å². The van der Waals surface area contributed by atoms with E-state index >= 15 is 0 Å². The molecule has 4 nitrogen and oxygen atoms in total. The average molecular weight is 287 g/mol. The fourth-order valence-corrected chi connectivity index (χ4v) is 1.95. The summed E-state index contributed by atoms with van der Waals surface area (Å²) in [6, 6.07) is 13.1. The van der Waals surface area contributed by atoms with Crippen molar-refractivity contribution < 1.29 is 9.18 Å². The van der Waals surface area contributed by atoms with Crippen molar-refractivity contribution in [3.63, 3.8) is 0 Å². The maximum Gasteiger partial charge on any atom is 0.246 e. The summed E-state index contributed by atoms with van der Waals surface area (Å²) in [5, 5.41) is 2.72. The molecule has 3 N–H and O–H groups in total. The molecule has 0 aliphatic rings. The summed E-state index contributed by atoms with van der Waals surface area (Å²) in [5.74, 6) is -0.639. The lowest BCUT2D eigenvalue weighted by Crippen LogP contribution is -2.39. The third-order valence-electron chi connectivity index (χ3n) is 3.40. The Bertz CT molecular complexity index is 631. The third-order valence-corrected chi connectivity index (χ3v) is 3.40. The van der Waals surface area contributed by atoms with Crippen molar-refractivity contribution in [2.75, 3.05) is 23.0 Å². The van der Waals surface area contributed by atoms with Gasteiger partial charge in [-0.1, -0.05) is 18.2 Å². The molecule has 0 fully saturated rings. The topological polar surface area (TPSA) is 58.4 Å². The predicted octanol–water partition coefficient (Wildman–Crippen LogP) is 2.87. The molecule has 0 heterocycles. The lowest BCUT2D eigenvalue weighted by molar-refractivity contribution is -0.117. The van der Waals surface area contributed by atoms with Gasteiger partial charge < -0.3 is 16.0 Å². The number of halogens is 1. The third kappa shape index (κ3) is 3.51. The number of nitrogens with one attached hydrogen (secondary N) is 1. The number of anilines is 3. The first-order chi connectivity index (χ1) is 9.99. The predicted molar refractivity (Wildman–Crippen MR) is 83.7 cm³/mol. The molecular formula is C16H18FN3O. The molecule has 1 atom stereocenters. The second-order valence-corrected chi connectivity index (χ2v) is 4.84. The van der Waals surface area contributed by atoms with E-state index in [1.165, 1.54) is 18.2 Å². The average Bonchev–Trinajstić information content (AvgIpc) is 2.49. The van der Waals surface area contributed by atoms with E-state index in [0.717, 1.165) is 5.69 Å². The second kappa shape index (κ2) is 6.26.